The van der Waals surface area contributed by atoms with E-state index in [1.165, 1.54) is 11.8 Å². The fourth-order valence-electron chi connectivity index (χ4n) is 3.30. The van der Waals surface area contributed by atoms with Crippen LogP contribution in [0.2, 0.25) is 0 Å². The molecule has 2 aliphatic rings. The van der Waals surface area contributed by atoms with Crippen LogP contribution in [0, 0.1) is 0 Å². The quantitative estimate of drug-likeness (QED) is 0.584. The molecule has 154 valence electrons. The van der Waals surface area contributed by atoms with E-state index in [2.05, 4.69) is 25.1 Å². The minimum atomic E-state index is -0.207. The SMILES string of the molecule is O=C(CSc1nnc(-c2cccnc2)n1C1CC1)NCC1COc2ccccc2O1. The highest BCUT2D eigenvalue weighted by Gasteiger charge is 2.30. The number of nitrogens with zero attached hydrogens (tertiary/aromatic N) is 4. The molecule has 1 amide bonds. The number of amides is 1. The Labute approximate surface area is 178 Å². The third-order valence-corrected chi connectivity index (χ3v) is 5.87. The first-order valence-electron chi connectivity index (χ1n) is 9.91. The lowest BCUT2D eigenvalue weighted by Crippen LogP contribution is -2.41. The number of pyridine rings is 1. The second kappa shape index (κ2) is 8.35. The fourth-order valence-corrected chi connectivity index (χ4v) is 4.14. The van der Waals surface area contributed by atoms with Crippen molar-refractivity contribution in [2.75, 3.05) is 18.9 Å². The van der Waals surface area contributed by atoms with Crippen LogP contribution in [0.15, 0.2) is 53.9 Å². The van der Waals surface area contributed by atoms with E-state index >= 15 is 0 Å². The van der Waals surface area contributed by atoms with E-state index in [0.717, 1.165) is 35.1 Å². The second-order valence-corrected chi connectivity index (χ2v) is 8.18. The van der Waals surface area contributed by atoms with Gasteiger partial charge in [0.05, 0.1) is 12.3 Å². The first-order valence-corrected chi connectivity index (χ1v) is 10.9. The number of rotatable bonds is 7. The van der Waals surface area contributed by atoms with Gasteiger partial charge in [0, 0.05) is 24.0 Å². The average Bonchev–Trinajstić information content (AvgIpc) is 3.55. The lowest BCUT2D eigenvalue weighted by molar-refractivity contribution is -0.119. The van der Waals surface area contributed by atoms with Crippen LogP contribution in [-0.4, -0.2) is 50.7 Å². The summed E-state index contributed by atoms with van der Waals surface area (Å²) in [5.41, 5.74) is 0.933. The molecular formula is C21H21N5O3S. The first kappa shape index (κ1) is 18.9. The number of aromatic nitrogens is 4. The molecule has 9 heteroatoms. The Bertz CT molecular complexity index is 1040. The van der Waals surface area contributed by atoms with Crippen LogP contribution in [0.1, 0.15) is 18.9 Å². The molecular weight excluding hydrogens is 402 g/mol. The molecule has 1 saturated carbocycles. The monoisotopic (exact) mass is 423 g/mol. The Morgan fingerprint density at radius 3 is 2.83 bits per heavy atom. The second-order valence-electron chi connectivity index (χ2n) is 7.24. The van der Waals surface area contributed by atoms with E-state index in [1.54, 1.807) is 12.4 Å². The minimum Gasteiger partial charge on any atom is -0.486 e. The van der Waals surface area contributed by atoms with Crippen LogP contribution < -0.4 is 14.8 Å². The maximum absolute atomic E-state index is 12.4. The summed E-state index contributed by atoms with van der Waals surface area (Å²) in [6.45, 7) is 0.804. The Kier molecular flexibility index (Phi) is 5.27. The van der Waals surface area contributed by atoms with Crippen LogP contribution in [0.4, 0.5) is 0 Å². The lowest BCUT2D eigenvalue weighted by atomic mass is 10.2. The van der Waals surface area contributed by atoms with Crippen LogP contribution >= 0.6 is 11.8 Å². The van der Waals surface area contributed by atoms with Gasteiger partial charge in [0.1, 0.15) is 12.7 Å². The summed E-state index contributed by atoms with van der Waals surface area (Å²) in [7, 11) is 0. The van der Waals surface area contributed by atoms with Gasteiger partial charge in [-0.25, -0.2) is 0 Å². The fraction of sp³-hybridized carbons (Fsp3) is 0.333. The number of carbonyl (C=O) groups is 1. The third kappa shape index (κ3) is 4.11. The van der Waals surface area contributed by atoms with Gasteiger partial charge in [0.15, 0.2) is 22.5 Å². The van der Waals surface area contributed by atoms with Gasteiger partial charge in [-0.1, -0.05) is 23.9 Å². The van der Waals surface area contributed by atoms with Crippen molar-refractivity contribution in [2.24, 2.45) is 0 Å². The van der Waals surface area contributed by atoms with E-state index in [9.17, 15) is 4.79 Å². The molecule has 1 unspecified atom stereocenters. The molecule has 0 spiro atoms. The van der Waals surface area contributed by atoms with Gasteiger partial charge < -0.3 is 14.8 Å². The van der Waals surface area contributed by atoms with Crippen LogP contribution in [0.25, 0.3) is 11.4 Å². The Morgan fingerprint density at radius 1 is 1.17 bits per heavy atom. The summed E-state index contributed by atoms with van der Waals surface area (Å²) < 4.78 is 13.7. The van der Waals surface area contributed by atoms with Crippen molar-refractivity contribution in [3.05, 3.63) is 48.8 Å². The van der Waals surface area contributed by atoms with Crippen LogP contribution in [0.3, 0.4) is 0 Å². The molecule has 1 aliphatic heterocycles. The zero-order valence-corrected chi connectivity index (χ0v) is 17.0. The zero-order valence-electron chi connectivity index (χ0n) is 16.2. The summed E-state index contributed by atoms with van der Waals surface area (Å²) >= 11 is 1.40. The number of benzene rings is 1. The van der Waals surface area contributed by atoms with Crippen molar-refractivity contribution in [3.63, 3.8) is 0 Å². The molecule has 8 nitrogen and oxygen atoms in total. The highest BCUT2D eigenvalue weighted by molar-refractivity contribution is 7.99. The molecule has 0 radical (unpaired) electrons. The number of nitrogens with one attached hydrogen (secondary N) is 1. The topological polar surface area (TPSA) is 91.2 Å². The maximum Gasteiger partial charge on any atom is 0.230 e. The summed E-state index contributed by atoms with van der Waals surface area (Å²) in [5, 5.41) is 12.4. The van der Waals surface area contributed by atoms with Crippen LogP contribution in [0.5, 0.6) is 11.5 Å². The number of ether oxygens (including phenoxy) is 2. The van der Waals surface area contributed by atoms with Crippen molar-refractivity contribution in [1.82, 2.24) is 25.1 Å². The van der Waals surface area contributed by atoms with Crippen molar-refractivity contribution >= 4 is 17.7 Å². The molecule has 1 fully saturated rings. The number of hydrogen-bond donors (Lipinski definition) is 1. The van der Waals surface area contributed by atoms with Crippen molar-refractivity contribution < 1.29 is 14.3 Å². The molecule has 1 aromatic carbocycles. The number of para-hydroxylation sites is 2. The molecule has 30 heavy (non-hydrogen) atoms. The Hall–Kier alpha value is -3.07. The Morgan fingerprint density at radius 2 is 2.03 bits per heavy atom. The maximum atomic E-state index is 12.4. The van der Waals surface area contributed by atoms with Gasteiger partial charge in [-0.2, -0.15) is 0 Å². The number of hydrogen-bond acceptors (Lipinski definition) is 7. The predicted molar refractivity (Wildman–Crippen MR) is 112 cm³/mol. The molecule has 0 saturated heterocycles. The number of fused-ring (bicyclic) bond motifs is 1. The van der Waals surface area contributed by atoms with E-state index in [0.29, 0.717) is 24.9 Å². The van der Waals surface area contributed by atoms with Crippen LogP contribution in [-0.2, 0) is 4.79 Å². The average molecular weight is 423 g/mol. The largest absolute Gasteiger partial charge is 0.486 e. The molecule has 0 bridgehead atoms. The molecule has 3 aromatic rings. The lowest BCUT2D eigenvalue weighted by Gasteiger charge is -2.26. The molecule has 2 aromatic heterocycles. The van der Waals surface area contributed by atoms with E-state index in [1.807, 2.05) is 36.4 Å². The Balaban J connectivity index is 1.17. The molecule has 1 aliphatic carbocycles. The molecule has 1 N–H and O–H groups in total. The van der Waals surface area contributed by atoms with Crippen molar-refractivity contribution in [1.29, 1.82) is 0 Å². The zero-order chi connectivity index (χ0) is 20.3. The van der Waals surface area contributed by atoms with Crippen molar-refractivity contribution in [3.8, 4) is 22.9 Å². The molecule has 1 atom stereocenters. The van der Waals surface area contributed by atoms with E-state index in [-0.39, 0.29) is 17.8 Å². The third-order valence-electron chi connectivity index (χ3n) is 4.92. The summed E-state index contributed by atoms with van der Waals surface area (Å²) in [5.74, 6) is 2.44. The van der Waals surface area contributed by atoms with Crippen molar-refractivity contribution in [2.45, 2.75) is 30.1 Å². The van der Waals surface area contributed by atoms with Gasteiger partial charge in [0.25, 0.3) is 0 Å². The number of carbonyl (C=O) groups excluding carboxylic acids is 1. The highest BCUT2D eigenvalue weighted by atomic mass is 32.2. The first-order chi connectivity index (χ1) is 14.8. The minimum absolute atomic E-state index is 0.0734. The smallest absolute Gasteiger partial charge is 0.230 e. The standard InChI is InChI=1S/C21H21N5O3S/c27-19(23-11-16-12-28-17-5-1-2-6-18(17)29-16)13-30-21-25-24-20(26(21)15-7-8-15)14-4-3-9-22-10-14/h1-6,9-10,15-16H,7-8,11-13H2,(H,23,27). The predicted octanol–water partition coefficient (Wildman–Crippen LogP) is 2.72. The highest BCUT2D eigenvalue weighted by Crippen LogP contribution is 2.40. The van der Waals surface area contributed by atoms with E-state index < -0.39 is 0 Å². The van der Waals surface area contributed by atoms with Gasteiger partial charge in [-0.05, 0) is 37.1 Å². The van der Waals surface area contributed by atoms with Gasteiger partial charge in [-0.3, -0.25) is 14.3 Å². The van der Waals surface area contributed by atoms with Gasteiger partial charge in [-0.15, -0.1) is 10.2 Å². The normalized spacial score (nSPS) is 17.5. The van der Waals surface area contributed by atoms with E-state index in [4.69, 9.17) is 9.47 Å². The molecule has 3 heterocycles. The van der Waals surface area contributed by atoms with Gasteiger partial charge in [0.2, 0.25) is 5.91 Å². The summed E-state index contributed by atoms with van der Waals surface area (Å²) in [4.78, 5) is 16.6. The van der Waals surface area contributed by atoms with Gasteiger partial charge >= 0.3 is 0 Å². The summed E-state index contributed by atoms with van der Waals surface area (Å²) in [6.07, 6.45) is 5.52. The summed E-state index contributed by atoms with van der Waals surface area (Å²) in [6, 6.07) is 11.8. The number of thioether (sulfide) groups is 1. The molecule has 5 rings (SSSR count).